The fraction of sp³-hybridized carbons (Fsp3) is 0.310. The van der Waals surface area contributed by atoms with Gasteiger partial charge in [-0.25, -0.2) is 0 Å². The van der Waals surface area contributed by atoms with Gasteiger partial charge in [0.1, 0.15) is 18.5 Å². The van der Waals surface area contributed by atoms with Gasteiger partial charge in [-0.3, -0.25) is 0 Å². The summed E-state index contributed by atoms with van der Waals surface area (Å²) in [6, 6.07) is 23.0. The van der Waals surface area contributed by atoms with E-state index in [0.29, 0.717) is 29.9 Å². The minimum absolute atomic E-state index is 0.244. The fourth-order valence-electron chi connectivity index (χ4n) is 4.86. The first-order valence-electron chi connectivity index (χ1n) is 12.2. The van der Waals surface area contributed by atoms with Gasteiger partial charge in [0.25, 0.3) is 5.89 Å². The minimum atomic E-state index is -0.556. The van der Waals surface area contributed by atoms with Crippen molar-refractivity contribution in [3.8, 4) is 5.75 Å². The maximum Gasteiger partial charge on any atom is 0.250 e. The number of benzene rings is 3. The smallest absolute Gasteiger partial charge is 0.250 e. The third kappa shape index (κ3) is 5.78. The van der Waals surface area contributed by atoms with Crippen LogP contribution in [0.25, 0.3) is 22.9 Å². The molecule has 0 amide bonds. The van der Waals surface area contributed by atoms with Gasteiger partial charge in [-0.15, -0.1) is 0 Å². The van der Waals surface area contributed by atoms with Crippen LogP contribution in [0.3, 0.4) is 0 Å². The number of hydrogen-bond acceptors (Lipinski definition) is 6. The number of hydrogen-bond donors (Lipinski definition) is 1. The van der Waals surface area contributed by atoms with E-state index in [9.17, 15) is 5.11 Å². The van der Waals surface area contributed by atoms with Crippen molar-refractivity contribution >= 4 is 22.9 Å². The van der Waals surface area contributed by atoms with Gasteiger partial charge in [0.05, 0.1) is 0 Å². The normalized spacial score (nSPS) is 16.2. The molecule has 0 bridgehead atoms. The lowest BCUT2D eigenvalue weighted by atomic mass is 9.86. The van der Waals surface area contributed by atoms with E-state index in [1.807, 2.05) is 30.3 Å². The highest BCUT2D eigenvalue weighted by atomic mass is 16.5. The minimum Gasteiger partial charge on any atom is -0.490 e. The zero-order valence-corrected chi connectivity index (χ0v) is 20.0. The van der Waals surface area contributed by atoms with Crippen LogP contribution in [0.5, 0.6) is 5.75 Å². The molecule has 1 aromatic heterocycles. The van der Waals surface area contributed by atoms with Gasteiger partial charge in [0, 0.05) is 18.2 Å². The van der Waals surface area contributed by atoms with E-state index in [4.69, 9.17) is 9.26 Å². The summed E-state index contributed by atoms with van der Waals surface area (Å²) in [4.78, 5) is 6.53. The van der Waals surface area contributed by atoms with Crippen LogP contribution in [0.15, 0.2) is 71.3 Å². The lowest BCUT2D eigenvalue weighted by molar-refractivity contribution is 0.0594. The molecule has 0 radical (unpaired) electrons. The average Bonchev–Trinajstić information content (AvgIpc) is 3.32. The van der Waals surface area contributed by atoms with E-state index in [1.165, 1.54) is 16.3 Å². The van der Waals surface area contributed by atoms with Crippen LogP contribution < -0.4 is 4.74 Å². The molecular weight excluding hydrogens is 438 g/mol. The van der Waals surface area contributed by atoms with Crippen LogP contribution in [-0.4, -0.2) is 52.5 Å². The molecule has 1 aliphatic heterocycles. The van der Waals surface area contributed by atoms with E-state index in [2.05, 4.69) is 57.5 Å². The van der Waals surface area contributed by atoms with Crippen molar-refractivity contribution in [3.05, 3.63) is 89.6 Å². The lowest BCUT2D eigenvalue weighted by Gasteiger charge is -2.33. The lowest BCUT2D eigenvalue weighted by Crippen LogP contribution is -2.40. The molecule has 35 heavy (non-hydrogen) atoms. The van der Waals surface area contributed by atoms with Gasteiger partial charge in [-0.05, 0) is 67.3 Å². The molecule has 1 saturated heterocycles. The van der Waals surface area contributed by atoms with Gasteiger partial charge >= 0.3 is 0 Å². The number of aliphatic hydroxyl groups excluding tert-OH is 1. The molecular formula is C29H31N3O3. The number of ether oxygens (including phenoxy) is 1. The molecule has 0 aliphatic carbocycles. The summed E-state index contributed by atoms with van der Waals surface area (Å²) in [5.74, 6) is 2.32. The summed E-state index contributed by atoms with van der Waals surface area (Å²) in [6.07, 6.45) is 5.29. The quantitative estimate of drug-likeness (QED) is 0.377. The first-order valence-corrected chi connectivity index (χ1v) is 12.2. The Labute approximate surface area is 205 Å². The Morgan fingerprint density at radius 1 is 1.03 bits per heavy atom. The van der Waals surface area contributed by atoms with Gasteiger partial charge in [0.15, 0.2) is 5.82 Å². The average molecular weight is 470 g/mol. The van der Waals surface area contributed by atoms with Gasteiger partial charge in [-0.1, -0.05) is 65.8 Å². The number of piperidine rings is 1. The summed E-state index contributed by atoms with van der Waals surface area (Å²) in [5, 5.41) is 17.1. The predicted octanol–water partition coefficient (Wildman–Crippen LogP) is 5.32. The highest BCUT2D eigenvalue weighted by Crippen LogP contribution is 2.33. The Morgan fingerprint density at radius 2 is 1.80 bits per heavy atom. The zero-order valence-electron chi connectivity index (χ0n) is 20.0. The Balaban J connectivity index is 1.13. The number of aryl methyl sites for hydroxylation is 1. The molecule has 0 saturated carbocycles. The topological polar surface area (TPSA) is 71.6 Å². The molecule has 5 rings (SSSR count). The second-order valence-electron chi connectivity index (χ2n) is 9.16. The van der Waals surface area contributed by atoms with Crippen LogP contribution in [0.1, 0.15) is 41.6 Å². The third-order valence-electron chi connectivity index (χ3n) is 6.62. The van der Waals surface area contributed by atoms with Crippen LogP contribution in [0.4, 0.5) is 0 Å². The number of β-amino-alcohol motifs (C(OH)–C–C–N with tert-alkyl or cyclic N) is 1. The zero-order chi connectivity index (χ0) is 24.0. The van der Waals surface area contributed by atoms with E-state index in [0.717, 1.165) is 31.5 Å². The Kier molecular flexibility index (Phi) is 7.21. The highest BCUT2D eigenvalue weighted by molar-refractivity contribution is 5.86. The molecule has 6 heteroatoms. The monoisotopic (exact) mass is 469 g/mol. The van der Waals surface area contributed by atoms with Crippen molar-refractivity contribution in [1.29, 1.82) is 0 Å². The van der Waals surface area contributed by atoms with E-state index < -0.39 is 6.10 Å². The molecule has 1 aliphatic rings. The predicted molar refractivity (Wildman–Crippen MR) is 138 cm³/mol. The number of nitrogens with zero attached hydrogens (tertiary/aromatic N) is 3. The molecule has 0 spiro atoms. The number of aromatic nitrogens is 2. The second-order valence-corrected chi connectivity index (χ2v) is 9.16. The largest absolute Gasteiger partial charge is 0.490 e. The summed E-state index contributed by atoms with van der Waals surface area (Å²) in [7, 11) is 0. The standard InChI is InChI=1S/C29H31N3O3/c1-21-30-29(35-31-21)14-13-24-8-3-5-12-28(24)34-20-25(33)19-32-17-15-23(16-18-32)27-11-6-9-22-7-2-4-10-26(22)27/h2-14,23,25,33H,15-20H2,1H3/t25-/m0/s1. The third-order valence-corrected chi connectivity index (χ3v) is 6.62. The van der Waals surface area contributed by atoms with Gasteiger partial charge in [-0.2, -0.15) is 4.98 Å². The molecule has 1 fully saturated rings. The van der Waals surface area contributed by atoms with Crippen LogP contribution >= 0.6 is 0 Å². The summed E-state index contributed by atoms with van der Waals surface area (Å²) < 4.78 is 11.1. The van der Waals surface area contributed by atoms with Crippen molar-refractivity contribution < 1.29 is 14.4 Å². The number of likely N-dealkylation sites (tertiary alicyclic amines) is 1. The molecule has 180 valence electrons. The number of aliphatic hydroxyl groups is 1. The summed E-state index contributed by atoms with van der Waals surface area (Å²) in [5.41, 5.74) is 2.35. The Bertz CT molecular complexity index is 1290. The molecule has 1 atom stereocenters. The van der Waals surface area contributed by atoms with Crippen molar-refractivity contribution in [3.63, 3.8) is 0 Å². The van der Waals surface area contributed by atoms with Crippen molar-refractivity contribution in [1.82, 2.24) is 15.0 Å². The summed E-state index contributed by atoms with van der Waals surface area (Å²) >= 11 is 0. The first kappa shape index (κ1) is 23.3. The summed E-state index contributed by atoms with van der Waals surface area (Å²) in [6.45, 7) is 4.60. The number of fused-ring (bicyclic) bond motifs is 1. The molecule has 2 heterocycles. The van der Waals surface area contributed by atoms with Crippen LogP contribution in [-0.2, 0) is 0 Å². The Morgan fingerprint density at radius 3 is 2.63 bits per heavy atom. The Hall–Kier alpha value is -3.48. The number of rotatable bonds is 8. The van der Waals surface area contributed by atoms with Gasteiger partial charge < -0.3 is 19.3 Å². The van der Waals surface area contributed by atoms with Crippen LogP contribution in [0.2, 0.25) is 0 Å². The molecule has 3 aromatic carbocycles. The number of para-hydroxylation sites is 1. The molecule has 1 N–H and O–H groups in total. The maximum atomic E-state index is 10.7. The van der Waals surface area contributed by atoms with Crippen molar-refractivity contribution in [2.45, 2.75) is 31.8 Å². The van der Waals surface area contributed by atoms with Crippen LogP contribution in [0, 0.1) is 6.92 Å². The SMILES string of the molecule is Cc1noc(C=Cc2ccccc2OC[C@@H](O)CN2CCC(c3cccc4ccccc34)CC2)n1. The highest BCUT2D eigenvalue weighted by Gasteiger charge is 2.23. The van der Waals surface area contributed by atoms with Gasteiger partial charge in [0.2, 0.25) is 0 Å². The second kappa shape index (κ2) is 10.8. The molecule has 6 nitrogen and oxygen atoms in total. The fourth-order valence-corrected chi connectivity index (χ4v) is 4.86. The maximum absolute atomic E-state index is 10.7. The van der Waals surface area contributed by atoms with E-state index in [-0.39, 0.29) is 6.61 Å². The van der Waals surface area contributed by atoms with E-state index >= 15 is 0 Å². The molecule has 4 aromatic rings. The molecule has 0 unspecified atom stereocenters. The van der Waals surface area contributed by atoms with Crippen molar-refractivity contribution in [2.75, 3.05) is 26.2 Å². The van der Waals surface area contributed by atoms with E-state index in [1.54, 1.807) is 13.0 Å². The van der Waals surface area contributed by atoms with Crippen molar-refractivity contribution in [2.24, 2.45) is 0 Å². The first-order chi connectivity index (χ1) is 17.2.